The van der Waals surface area contributed by atoms with Crippen LogP contribution in [0.4, 0.5) is 0 Å². The Morgan fingerprint density at radius 2 is 1.38 bits per heavy atom. The number of halogens is 2. The first-order valence-corrected chi connectivity index (χ1v) is 9.25. The third-order valence-electron chi connectivity index (χ3n) is 3.16. The number of pyridine rings is 3. The molecule has 24 heavy (non-hydrogen) atoms. The van der Waals surface area contributed by atoms with Crippen LogP contribution in [0.5, 0.6) is 23.1 Å². The summed E-state index contributed by atoms with van der Waals surface area (Å²) < 4.78 is 13.6. The predicted octanol–water partition coefficient (Wildman–Crippen LogP) is 5.28. The maximum absolute atomic E-state index is 5.89. The fourth-order valence-electron chi connectivity index (χ4n) is 2.00. The SMILES string of the molecule is Cc1nc(I)ccc1Oc1ccnc(Oc2ccc(I)nc2C)c1. The van der Waals surface area contributed by atoms with Gasteiger partial charge in [0.2, 0.25) is 5.88 Å². The minimum Gasteiger partial charge on any atom is -0.455 e. The summed E-state index contributed by atoms with van der Waals surface area (Å²) in [5, 5.41) is 0. The molecule has 0 spiro atoms. The van der Waals surface area contributed by atoms with Crippen LogP contribution in [0, 0.1) is 21.2 Å². The van der Waals surface area contributed by atoms with Crippen LogP contribution >= 0.6 is 45.2 Å². The highest BCUT2D eigenvalue weighted by molar-refractivity contribution is 14.1. The number of hydrogen-bond acceptors (Lipinski definition) is 5. The third kappa shape index (κ3) is 4.32. The van der Waals surface area contributed by atoms with Gasteiger partial charge in [-0.3, -0.25) is 0 Å². The zero-order valence-electron chi connectivity index (χ0n) is 13.0. The Kier molecular flexibility index (Phi) is 5.49. The van der Waals surface area contributed by atoms with E-state index in [0.29, 0.717) is 23.1 Å². The van der Waals surface area contributed by atoms with Crippen LogP contribution in [0.25, 0.3) is 0 Å². The maximum Gasteiger partial charge on any atom is 0.223 e. The highest BCUT2D eigenvalue weighted by Gasteiger charge is 2.08. The topological polar surface area (TPSA) is 57.1 Å². The lowest BCUT2D eigenvalue weighted by atomic mass is 10.3. The average Bonchev–Trinajstić information content (AvgIpc) is 2.53. The molecule has 0 aromatic carbocycles. The van der Waals surface area contributed by atoms with Gasteiger partial charge < -0.3 is 9.47 Å². The summed E-state index contributed by atoms with van der Waals surface area (Å²) in [6, 6.07) is 11.1. The van der Waals surface area contributed by atoms with Crippen molar-refractivity contribution in [1.29, 1.82) is 0 Å². The summed E-state index contributed by atoms with van der Waals surface area (Å²) in [5.41, 5.74) is 1.64. The van der Waals surface area contributed by atoms with Crippen LogP contribution < -0.4 is 9.47 Å². The Bertz CT molecular complexity index is 819. The fraction of sp³-hybridized carbons (Fsp3) is 0.118. The molecule has 3 rings (SSSR count). The molecule has 0 radical (unpaired) electrons. The van der Waals surface area contributed by atoms with Gasteiger partial charge in [0, 0.05) is 12.3 Å². The summed E-state index contributed by atoms with van der Waals surface area (Å²) in [5.74, 6) is 2.48. The summed E-state index contributed by atoms with van der Waals surface area (Å²) in [6.45, 7) is 3.81. The molecular formula is C17H13I2N3O2. The van der Waals surface area contributed by atoms with Gasteiger partial charge in [-0.25, -0.2) is 15.0 Å². The van der Waals surface area contributed by atoms with Crippen molar-refractivity contribution >= 4 is 45.2 Å². The van der Waals surface area contributed by atoms with Gasteiger partial charge in [0.05, 0.1) is 11.4 Å². The van der Waals surface area contributed by atoms with Gasteiger partial charge in [-0.2, -0.15) is 0 Å². The van der Waals surface area contributed by atoms with Crippen molar-refractivity contribution in [3.63, 3.8) is 0 Å². The van der Waals surface area contributed by atoms with Crippen LogP contribution in [0.1, 0.15) is 11.4 Å². The maximum atomic E-state index is 5.89. The molecule has 3 aromatic rings. The van der Waals surface area contributed by atoms with Crippen molar-refractivity contribution < 1.29 is 9.47 Å². The molecule has 7 heteroatoms. The van der Waals surface area contributed by atoms with Gasteiger partial charge in [0.15, 0.2) is 5.75 Å². The molecule has 122 valence electrons. The molecule has 0 bridgehead atoms. The molecule has 0 unspecified atom stereocenters. The van der Waals surface area contributed by atoms with Crippen LogP contribution in [-0.4, -0.2) is 15.0 Å². The molecule has 0 fully saturated rings. The smallest absolute Gasteiger partial charge is 0.223 e. The van der Waals surface area contributed by atoms with E-state index in [0.717, 1.165) is 18.8 Å². The van der Waals surface area contributed by atoms with Gasteiger partial charge in [-0.1, -0.05) is 0 Å². The van der Waals surface area contributed by atoms with Crippen molar-refractivity contribution in [2.24, 2.45) is 0 Å². The van der Waals surface area contributed by atoms with Gasteiger partial charge in [-0.05, 0) is 89.4 Å². The predicted molar refractivity (Wildman–Crippen MR) is 108 cm³/mol. The molecule has 3 heterocycles. The number of aromatic nitrogens is 3. The van der Waals surface area contributed by atoms with E-state index in [1.165, 1.54) is 0 Å². The molecule has 0 aliphatic rings. The Labute approximate surface area is 167 Å². The van der Waals surface area contributed by atoms with Gasteiger partial charge in [0.25, 0.3) is 0 Å². The van der Waals surface area contributed by atoms with E-state index in [1.807, 2.05) is 38.1 Å². The van der Waals surface area contributed by atoms with Crippen molar-refractivity contribution in [2.45, 2.75) is 13.8 Å². The van der Waals surface area contributed by atoms with E-state index in [4.69, 9.17) is 9.47 Å². The van der Waals surface area contributed by atoms with E-state index in [9.17, 15) is 0 Å². The van der Waals surface area contributed by atoms with E-state index < -0.39 is 0 Å². The monoisotopic (exact) mass is 545 g/mol. The standard InChI is InChI=1S/C17H13I2N3O2/c1-10-13(3-5-15(18)21-10)23-12-7-8-20-17(9-12)24-14-4-6-16(19)22-11(14)2/h3-9H,1-2H3. The molecule has 3 aromatic heterocycles. The second-order valence-corrected chi connectivity index (χ2v) is 7.18. The first-order chi connectivity index (χ1) is 11.5. The zero-order valence-corrected chi connectivity index (χ0v) is 17.3. The van der Waals surface area contributed by atoms with Crippen molar-refractivity contribution in [3.8, 4) is 23.1 Å². The van der Waals surface area contributed by atoms with Crippen LogP contribution in [0.2, 0.25) is 0 Å². The fourth-order valence-corrected chi connectivity index (χ4v) is 3.08. The van der Waals surface area contributed by atoms with E-state index in [-0.39, 0.29) is 0 Å². The van der Waals surface area contributed by atoms with Crippen molar-refractivity contribution in [1.82, 2.24) is 15.0 Å². The number of ether oxygens (including phenoxy) is 2. The summed E-state index contributed by atoms with van der Waals surface area (Å²) in [6.07, 6.45) is 1.65. The summed E-state index contributed by atoms with van der Waals surface area (Å²) >= 11 is 4.34. The molecular weight excluding hydrogens is 532 g/mol. The van der Waals surface area contributed by atoms with Crippen LogP contribution in [0.3, 0.4) is 0 Å². The van der Waals surface area contributed by atoms with Crippen LogP contribution in [-0.2, 0) is 0 Å². The molecule has 5 nitrogen and oxygen atoms in total. The Morgan fingerprint density at radius 1 is 0.792 bits per heavy atom. The Morgan fingerprint density at radius 3 is 1.96 bits per heavy atom. The highest BCUT2D eigenvalue weighted by Crippen LogP contribution is 2.29. The van der Waals surface area contributed by atoms with Crippen LogP contribution in [0.15, 0.2) is 42.6 Å². The Hall–Kier alpha value is -1.49. The molecule has 0 atom stereocenters. The third-order valence-corrected chi connectivity index (χ3v) is 4.36. The van der Waals surface area contributed by atoms with Crippen molar-refractivity contribution in [3.05, 3.63) is 61.4 Å². The van der Waals surface area contributed by atoms with E-state index in [2.05, 4.69) is 60.1 Å². The lowest BCUT2D eigenvalue weighted by Crippen LogP contribution is -1.95. The first-order valence-electron chi connectivity index (χ1n) is 7.09. The summed E-state index contributed by atoms with van der Waals surface area (Å²) in [4.78, 5) is 13.0. The zero-order chi connectivity index (χ0) is 17.1. The largest absolute Gasteiger partial charge is 0.455 e. The van der Waals surface area contributed by atoms with Gasteiger partial charge in [0.1, 0.15) is 18.9 Å². The first kappa shape index (κ1) is 17.3. The second-order valence-electron chi connectivity index (χ2n) is 4.97. The minimum absolute atomic E-state index is 0.453. The quantitative estimate of drug-likeness (QED) is 0.330. The van der Waals surface area contributed by atoms with E-state index >= 15 is 0 Å². The number of aryl methyl sites for hydroxylation is 2. The number of hydrogen-bond donors (Lipinski definition) is 0. The second kappa shape index (κ2) is 7.60. The molecule has 0 aliphatic heterocycles. The average molecular weight is 545 g/mol. The van der Waals surface area contributed by atoms with E-state index in [1.54, 1.807) is 18.3 Å². The van der Waals surface area contributed by atoms with Gasteiger partial charge >= 0.3 is 0 Å². The normalized spacial score (nSPS) is 10.5. The Balaban J connectivity index is 1.81. The number of rotatable bonds is 4. The molecule has 0 N–H and O–H groups in total. The lowest BCUT2D eigenvalue weighted by Gasteiger charge is -2.10. The van der Waals surface area contributed by atoms with Gasteiger partial charge in [-0.15, -0.1) is 0 Å². The summed E-state index contributed by atoms with van der Waals surface area (Å²) in [7, 11) is 0. The number of nitrogens with zero attached hydrogens (tertiary/aromatic N) is 3. The van der Waals surface area contributed by atoms with Crippen molar-refractivity contribution in [2.75, 3.05) is 0 Å². The molecule has 0 saturated carbocycles. The lowest BCUT2D eigenvalue weighted by molar-refractivity contribution is 0.440. The molecule has 0 saturated heterocycles. The molecule has 0 amide bonds. The highest BCUT2D eigenvalue weighted by atomic mass is 127. The molecule has 0 aliphatic carbocycles. The minimum atomic E-state index is 0.453.